The molecule has 0 amide bonds. The van der Waals surface area contributed by atoms with Crippen molar-refractivity contribution >= 4 is 11.3 Å². The van der Waals surface area contributed by atoms with Gasteiger partial charge in [-0.1, -0.05) is 6.07 Å². The zero-order valence-electron chi connectivity index (χ0n) is 21.5. The van der Waals surface area contributed by atoms with E-state index >= 15 is 4.39 Å². The zero-order chi connectivity index (χ0) is 25.1. The van der Waals surface area contributed by atoms with Gasteiger partial charge in [-0.05, 0) is 105 Å². The van der Waals surface area contributed by atoms with Gasteiger partial charge in [0.15, 0.2) is 5.82 Å². The predicted molar refractivity (Wildman–Crippen MR) is 144 cm³/mol. The number of nitrogens with one attached hydrogen (secondary N) is 1. The van der Waals surface area contributed by atoms with E-state index < -0.39 is 0 Å². The van der Waals surface area contributed by atoms with Crippen LogP contribution in [0, 0.1) is 12.7 Å². The summed E-state index contributed by atoms with van der Waals surface area (Å²) in [6.45, 7) is 4.19. The van der Waals surface area contributed by atoms with E-state index in [9.17, 15) is 0 Å². The molecule has 190 valence electrons. The number of pyridine rings is 1. The number of allylic oxidation sites excluding steroid dienone is 1. The van der Waals surface area contributed by atoms with Crippen LogP contribution in [-0.2, 0) is 0 Å². The third kappa shape index (κ3) is 4.15. The van der Waals surface area contributed by atoms with Gasteiger partial charge in [0.05, 0.1) is 12.4 Å². The van der Waals surface area contributed by atoms with Gasteiger partial charge in [0.1, 0.15) is 11.5 Å². The second-order valence-corrected chi connectivity index (χ2v) is 11.1. The summed E-state index contributed by atoms with van der Waals surface area (Å²) in [5, 5.41) is 8.34. The third-order valence-corrected chi connectivity index (χ3v) is 8.32. The number of imidazole rings is 1. The number of hydrogen-bond acceptors (Lipinski definition) is 4. The summed E-state index contributed by atoms with van der Waals surface area (Å²) in [6.07, 6.45) is 14.8. The van der Waals surface area contributed by atoms with E-state index in [0.29, 0.717) is 17.5 Å². The molecule has 0 bridgehead atoms. The molecule has 7 heteroatoms. The number of hydrogen-bond donors (Lipinski definition) is 1. The highest BCUT2D eigenvalue weighted by Crippen LogP contribution is 2.38. The summed E-state index contributed by atoms with van der Waals surface area (Å²) in [6, 6.07) is 8.48. The minimum absolute atomic E-state index is 0.150. The molecule has 4 heterocycles. The number of aryl methyl sites for hydroxylation is 1. The van der Waals surface area contributed by atoms with Crippen LogP contribution < -0.4 is 5.32 Å². The first-order valence-electron chi connectivity index (χ1n) is 13.5. The topological polar surface area (TPSA) is 50.4 Å². The van der Waals surface area contributed by atoms with Crippen molar-refractivity contribution in [3.63, 3.8) is 0 Å². The van der Waals surface area contributed by atoms with Crippen molar-refractivity contribution in [1.29, 1.82) is 0 Å². The molecule has 2 aliphatic carbocycles. The molecule has 2 saturated carbocycles. The highest BCUT2D eigenvalue weighted by Gasteiger charge is 2.27. The van der Waals surface area contributed by atoms with Crippen molar-refractivity contribution in [2.75, 3.05) is 20.1 Å². The quantitative estimate of drug-likeness (QED) is 0.372. The molecule has 1 aliphatic heterocycles. The summed E-state index contributed by atoms with van der Waals surface area (Å²) in [5.41, 5.74) is 8.21. The highest BCUT2D eigenvalue weighted by molar-refractivity contribution is 5.76. The van der Waals surface area contributed by atoms with Crippen LogP contribution in [0.3, 0.4) is 0 Å². The Morgan fingerprint density at radius 2 is 1.95 bits per heavy atom. The van der Waals surface area contributed by atoms with E-state index in [2.05, 4.69) is 45.0 Å². The van der Waals surface area contributed by atoms with Crippen LogP contribution in [0.2, 0.25) is 0 Å². The first kappa shape index (κ1) is 22.7. The normalized spacial score (nSPS) is 20.0. The number of likely N-dealkylation sites (tertiary alicyclic amines) is 1. The maximum absolute atomic E-state index is 15.3. The summed E-state index contributed by atoms with van der Waals surface area (Å²) in [5.74, 6) is 1.30. The second-order valence-electron chi connectivity index (χ2n) is 11.1. The molecular weight excluding hydrogens is 463 g/mol. The summed E-state index contributed by atoms with van der Waals surface area (Å²) >= 11 is 0. The first-order chi connectivity index (χ1) is 18.0. The minimum Gasteiger partial charge on any atom is -0.382 e. The average molecular weight is 497 g/mol. The SMILES string of the molecule is Cc1cc(F)c(C(NC2CC2)=C2CCC2)cc1-c1cnn(-c2cnc3ccc(C4CCN(C)C4)cn23)c1. The molecular formula is C30H33FN6. The number of rotatable bonds is 6. The van der Waals surface area contributed by atoms with Gasteiger partial charge in [-0.3, -0.25) is 4.40 Å². The van der Waals surface area contributed by atoms with Crippen molar-refractivity contribution < 1.29 is 4.39 Å². The number of benzene rings is 1. The number of halogens is 1. The largest absolute Gasteiger partial charge is 0.382 e. The van der Waals surface area contributed by atoms with E-state index in [1.54, 1.807) is 6.07 Å². The smallest absolute Gasteiger partial charge is 0.158 e. The Labute approximate surface area is 216 Å². The molecule has 1 N–H and O–H groups in total. The van der Waals surface area contributed by atoms with Gasteiger partial charge in [-0.15, -0.1) is 0 Å². The molecule has 0 spiro atoms. The van der Waals surface area contributed by atoms with Crippen molar-refractivity contribution in [2.24, 2.45) is 0 Å². The number of fused-ring (bicyclic) bond motifs is 1. The fourth-order valence-corrected chi connectivity index (χ4v) is 5.77. The average Bonchev–Trinajstić information content (AvgIpc) is 3.20. The second kappa shape index (κ2) is 8.84. The van der Waals surface area contributed by atoms with Gasteiger partial charge in [0, 0.05) is 41.8 Å². The van der Waals surface area contributed by atoms with Gasteiger partial charge < -0.3 is 10.2 Å². The number of aromatic nitrogens is 4. The van der Waals surface area contributed by atoms with E-state index in [0.717, 1.165) is 59.8 Å². The fraction of sp³-hybridized carbons (Fsp3) is 0.400. The Balaban J connectivity index is 1.25. The fourth-order valence-electron chi connectivity index (χ4n) is 5.77. The molecule has 1 aromatic carbocycles. The molecule has 3 aliphatic rings. The Morgan fingerprint density at radius 1 is 1.08 bits per heavy atom. The minimum atomic E-state index is -0.150. The van der Waals surface area contributed by atoms with Gasteiger partial charge in [-0.2, -0.15) is 5.10 Å². The molecule has 1 saturated heterocycles. The number of nitrogens with zero attached hydrogens (tertiary/aromatic N) is 5. The van der Waals surface area contributed by atoms with Gasteiger partial charge >= 0.3 is 0 Å². The van der Waals surface area contributed by atoms with Crippen LogP contribution in [0.25, 0.3) is 28.3 Å². The Morgan fingerprint density at radius 3 is 2.68 bits per heavy atom. The molecule has 3 aromatic heterocycles. The van der Waals surface area contributed by atoms with Crippen LogP contribution in [-0.4, -0.2) is 50.2 Å². The molecule has 37 heavy (non-hydrogen) atoms. The van der Waals surface area contributed by atoms with Crippen molar-refractivity contribution in [3.8, 4) is 16.9 Å². The highest BCUT2D eigenvalue weighted by atomic mass is 19.1. The summed E-state index contributed by atoms with van der Waals surface area (Å²) < 4.78 is 19.3. The zero-order valence-corrected chi connectivity index (χ0v) is 21.5. The van der Waals surface area contributed by atoms with Crippen LogP contribution in [0.4, 0.5) is 4.39 Å². The van der Waals surface area contributed by atoms with E-state index in [-0.39, 0.29) is 5.82 Å². The van der Waals surface area contributed by atoms with Gasteiger partial charge in [0.2, 0.25) is 0 Å². The van der Waals surface area contributed by atoms with Crippen LogP contribution in [0.15, 0.2) is 54.6 Å². The van der Waals surface area contributed by atoms with Crippen LogP contribution in [0.5, 0.6) is 0 Å². The maximum atomic E-state index is 15.3. The molecule has 3 fully saturated rings. The lowest BCUT2D eigenvalue weighted by molar-refractivity contribution is 0.411. The van der Waals surface area contributed by atoms with Gasteiger partial charge in [0.25, 0.3) is 0 Å². The molecule has 4 aromatic rings. The third-order valence-electron chi connectivity index (χ3n) is 8.32. The Kier molecular flexibility index (Phi) is 5.43. The first-order valence-corrected chi connectivity index (χ1v) is 13.5. The monoisotopic (exact) mass is 496 g/mol. The Hall–Kier alpha value is -3.45. The standard InChI is InChI=1S/C30H33FN6/c1-19-12-27(31)26(30(20-4-3-5-20)34-24-7-8-24)13-25(19)23-14-33-37(18-23)29-15-32-28-9-6-21(17-36(28)29)22-10-11-35(2)16-22/h6,9,12-15,17-18,22,24,34H,3-5,7-8,10-11,16H2,1-2H3. The van der Waals surface area contributed by atoms with Crippen molar-refractivity contribution in [3.05, 3.63) is 77.1 Å². The van der Waals surface area contributed by atoms with Gasteiger partial charge in [-0.25, -0.2) is 14.1 Å². The van der Waals surface area contributed by atoms with Crippen molar-refractivity contribution in [1.82, 2.24) is 29.4 Å². The van der Waals surface area contributed by atoms with E-state index in [4.69, 9.17) is 5.10 Å². The van der Waals surface area contributed by atoms with Crippen molar-refractivity contribution in [2.45, 2.75) is 57.4 Å². The van der Waals surface area contributed by atoms with Crippen LogP contribution >= 0.6 is 0 Å². The molecule has 7 rings (SSSR count). The lowest BCUT2D eigenvalue weighted by Crippen LogP contribution is -2.20. The molecule has 1 unspecified atom stereocenters. The van der Waals surface area contributed by atoms with Crippen LogP contribution in [0.1, 0.15) is 61.1 Å². The molecule has 1 atom stereocenters. The molecule has 0 radical (unpaired) electrons. The number of likely N-dealkylation sites (N-methyl/N-ethyl adjacent to an activating group) is 1. The summed E-state index contributed by atoms with van der Waals surface area (Å²) in [4.78, 5) is 7.01. The lowest BCUT2D eigenvalue weighted by atomic mass is 9.87. The summed E-state index contributed by atoms with van der Waals surface area (Å²) in [7, 11) is 2.18. The lowest BCUT2D eigenvalue weighted by Gasteiger charge is -2.24. The van der Waals surface area contributed by atoms with E-state index in [1.807, 2.05) is 36.3 Å². The molecule has 6 nitrogen and oxygen atoms in total. The van der Waals surface area contributed by atoms with E-state index in [1.165, 1.54) is 36.8 Å². The Bertz CT molecular complexity index is 1520. The predicted octanol–water partition coefficient (Wildman–Crippen LogP) is 5.70. The maximum Gasteiger partial charge on any atom is 0.158 e.